The zero-order chi connectivity index (χ0) is 15.5. The number of rotatable bonds is 2. The van der Waals surface area contributed by atoms with E-state index in [1.165, 1.54) is 37.8 Å². The van der Waals surface area contributed by atoms with Crippen molar-refractivity contribution in [3.8, 4) is 0 Å². The highest BCUT2D eigenvalue weighted by Gasteiger charge is 2.31. The van der Waals surface area contributed by atoms with E-state index in [0.717, 1.165) is 37.6 Å². The molecule has 3 rings (SSSR count). The van der Waals surface area contributed by atoms with Crippen molar-refractivity contribution < 1.29 is 8.78 Å². The standard InChI is InChI=1S/C17H23F2N3.HI/c18-14-7-12(8-15(19)11-14)13-9-16(10-13)21-17(20)22-5-3-1-2-4-6-22;/h7-8,11,13,16H,1-6,9-10H2,(H2,20,21);1H. The summed E-state index contributed by atoms with van der Waals surface area (Å²) in [6.07, 6.45) is 6.51. The van der Waals surface area contributed by atoms with Gasteiger partial charge in [0.15, 0.2) is 5.96 Å². The van der Waals surface area contributed by atoms with Gasteiger partial charge in [0.05, 0.1) is 6.04 Å². The molecule has 2 N–H and O–H groups in total. The molecule has 0 unspecified atom stereocenters. The second kappa shape index (κ2) is 8.26. The first-order chi connectivity index (χ1) is 10.6. The largest absolute Gasteiger partial charge is 0.370 e. The van der Waals surface area contributed by atoms with Crippen molar-refractivity contribution in [2.45, 2.75) is 50.5 Å². The maximum atomic E-state index is 13.2. The molecule has 1 aromatic rings. The zero-order valence-electron chi connectivity index (χ0n) is 13.2. The van der Waals surface area contributed by atoms with E-state index >= 15 is 0 Å². The van der Waals surface area contributed by atoms with Crippen LogP contribution in [-0.2, 0) is 0 Å². The Morgan fingerprint density at radius 2 is 1.57 bits per heavy atom. The van der Waals surface area contributed by atoms with E-state index in [9.17, 15) is 8.78 Å². The summed E-state index contributed by atoms with van der Waals surface area (Å²) < 4.78 is 26.5. The van der Waals surface area contributed by atoms with Gasteiger partial charge in [-0.15, -0.1) is 24.0 Å². The maximum absolute atomic E-state index is 13.2. The number of benzene rings is 1. The summed E-state index contributed by atoms with van der Waals surface area (Å²) in [6, 6.07) is 3.94. The maximum Gasteiger partial charge on any atom is 0.191 e. The molecule has 23 heavy (non-hydrogen) atoms. The summed E-state index contributed by atoms with van der Waals surface area (Å²) in [7, 11) is 0. The number of halogens is 3. The molecule has 1 aromatic carbocycles. The number of nitrogens with two attached hydrogens (primary N) is 1. The van der Waals surface area contributed by atoms with Crippen LogP contribution in [-0.4, -0.2) is 30.0 Å². The minimum atomic E-state index is -0.508. The number of aliphatic imine (C=N–C) groups is 1. The van der Waals surface area contributed by atoms with Gasteiger partial charge in [0.2, 0.25) is 0 Å². The summed E-state index contributed by atoms with van der Waals surface area (Å²) in [5.74, 6) is -0.191. The lowest BCUT2D eigenvalue weighted by Gasteiger charge is -2.34. The van der Waals surface area contributed by atoms with Crippen molar-refractivity contribution >= 4 is 29.9 Å². The highest BCUT2D eigenvalue weighted by molar-refractivity contribution is 14.0. The Labute approximate surface area is 153 Å². The molecule has 1 heterocycles. The lowest BCUT2D eigenvalue weighted by atomic mass is 9.76. The molecule has 6 heteroatoms. The Morgan fingerprint density at radius 3 is 2.13 bits per heavy atom. The molecule has 0 bridgehead atoms. The fourth-order valence-electron chi connectivity index (χ4n) is 3.34. The van der Waals surface area contributed by atoms with E-state index < -0.39 is 11.6 Å². The third-order valence-electron chi connectivity index (χ3n) is 4.71. The summed E-state index contributed by atoms with van der Waals surface area (Å²) in [4.78, 5) is 6.77. The van der Waals surface area contributed by atoms with E-state index in [0.29, 0.717) is 5.96 Å². The molecule has 0 radical (unpaired) electrons. The van der Waals surface area contributed by atoms with Gasteiger partial charge in [0.1, 0.15) is 11.6 Å². The molecule has 3 nitrogen and oxygen atoms in total. The molecule has 1 aliphatic carbocycles. The number of nitrogens with zero attached hydrogens (tertiary/aromatic N) is 2. The fraction of sp³-hybridized carbons (Fsp3) is 0.588. The molecule has 1 saturated carbocycles. The highest BCUT2D eigenvalue weighted by atomic mass is 127. The van der Waals surface area contributed by atoms with Crippen LogP contribution in [0.1, 0.15) is 50.0 Å². The van der Waals surface area contributed by atoms with Crippen LogP contribution in [0.4, 0.5) is 8.78 Å². The molecule has 2 aliphatic rings. The predicted octanol–water partition coefficient (Wildman–Crippen LogP) is 4.02. The first-order valence-corrected chi connectivity index (χ1v) is 8.16. The van der Waals surface area contributed by atoms with Crippen molar-refractivity contribution in [3.05, 3.63) is 35.4 Å². The Kier molecular flexibility index (Phi) is 6.61. The third-order valence-corrected chi connectivity index (χ3v) is 4.71. The van der Waals surface area contributed by atoms with Crippen LogP contribution in [0, 0.1) is 11.6 Å². The Morgan fingerprint density at radius 1 is 1.00 bits per heavy atom. The average molecular weight is 435 g/mol. The number of likely N-dealkylation sites (tertiary alicyclic amines) is 1. The number of hydrogen-bond acceptors (Lipinski definition) is 1. The van der Waals surface area contributed by atoms with Crippen LogP contribution in [0.2, 0.25) is 0 Å². The Bertz CT molecular complexity index is 531. The lowest BCUT2D eigenvalue weighted by molar-refractivity contribution is 0.342. The summed E-state index contributed by atoms with van der Waals surface area (Å²) in [5.41, 5.74) is 6.85. The first kappa shape index (κ1) is 18.4. The van der Waals surface area contributed by atoms with E-state index in [4.69, 9.17) is 5.73 Å². The molecule has 1 saturated heterocycles. The molecular weight excluding hydrogens is 411 g/mol. The van der Waals surface area contributed by atoms with Crippen LogP contribution < -0.4 is 5.73 Å². The minimum absolute atomic E-state index is 0. The number of guanidine groups is 1. The lowest BCUT2D eigenvalue weighted by Crippen LogP contribution is -2.40. The molecular formula is C17H24F2IN3. The van der Waals surface area contributed by atoms with E-state index in [1.807, 2.05) is 0 Å². The monoisotopic (exact) mass is 435 g/mol. The third kappa shape index (κ3) is 4.78. The Balaban J connectivity index is 0.00000192. The van der Waals surface area contributed by atoms with Gasteiger partial charge in [-0.3, -0.25) is 0 Å². The molecule has 0 spiro atoms. The van der Waals surface area contributed by atoms with Crippen LogP contribution >= 0.6 is 24.0 Å². The van der Waals surface area contributed by atoms with Gasteiger partial charge in [-0.2, -0.15) is 0 Å². The van der Waals surface area contributed by atoms with Crippen LogP contribution in [0.15, 0.2) is 23.2 Å². The summed E-state index contributed by atoms with van der Waals surface area (Å²) in [5, 5.41) is 0. The highest BCUT2D eigenvalue weighted by Crippen LogP contribution is 2.39. The van der Waals surface area contributed by atoms with Crippen molar-refractivity contribution in [1.82, 2.24) is 4.90 Å². The summed E-state index contributed by atoms with van der Waals surface area (Å²) in [6.45, 7) is 1.97. The van der Waals surface area contributed by atoms with E-state index in [-0.39, 0.29) is 35.9 Å². The first-order valence-electron chi connectivity index (χ1n) is 8.16. The second-order valence-electron chi connectivity index (χ2n) is 6.41. The SMILES string of the molecule is I.NC(=NC1CC(c2cc(F)cc(F)c2)C1)N1CCCCCC1. The van der Waals surface area contributed by atoms with Gasteiger partial charge in [-0.1, -0.05) is 12.8 Å². The van der Waals surface area contributed by atoms with E-state index in [1.54, 1.807) is 0 Å². The molecule has 2 fully saturated rings. The van der Waals surface area contributed by atoms with Gasteiger partial charge in [-0.25, -0.2) is 13.8 Å². The van der Waals surface area contributed by atoms with Crippen molar-refractivity contribution in [1.29, 1.82) is 0 Å². The minimum Gasteiger partial charge on any atom is -0.370 e. The second-order valence-corrected chi connectivity index (χ2v) is 6.41. The Hall–Kier alpha value is -0.920. The van der Waals surface area contributed by atoms with Crippen LogP contribution in [0.3, 0.4) is 0 Å². The van der Waals surface area contributed by atoms with Gasteiger partial charge in [0, 0.05) is 19.2 Å². The van der Waals surface area contributed by atoms with Gasteiger partial charge in [0.25, 0.3) is 0 Å². The summed E-state index contributed by atoms with van der Waals surface area (Å²) >= 11 is 0. The normalized spacial score (nSPS) is 25.3. The van der Waals surface area contributed by atoms with Crippen molar-refractivity contribution in [2.75, 3.05) is 13.1 Å². The zero-order valence-corrected chi connectivity index (χ0v) is 15.5. The predicted molar refractivity (Wildman–Crippen MR) is 99.2 cm³/mol. The fourth-order valence-corrected chi connectivity index (χ4v) is 3.34. The quantitative estimate of drug-likeness (QED) is 0.433. The number of hydrogen-bond donors (Lipinski definition) is 1. The molecule has 0 amide bonds. The molecule has 128 valence electrons. The van der Waals surface area contributed by atoms with Crippen LogP contribution in [0.5, 0.6) is 0 Å². The molecule has 0 aromatic heterocycles. The van der Waals surface area contributed by atoms with Gasteiger partial charge < -0.3 is 10.6 Å². The topological polar surface area (TPSA) is 41.6 Å². The van der Waals surface area contributed by atoms with Crippen molar-refractivity contribution in [2.24, 2.45) is 10.7 Å². The molecule has 0 atom stereocenters. The van der Waals surface area contributed by atoms with Gasteiger partial charge >= 0.3 is 0 Å². The smallest absolute Gasteiger partial charge is 0.191 e. The molecule has 1 aliphatic heterocycles. The average Bonchev–Trinajstić information content (AvgIpc) is 2.70. The van der Waals surface area contributed by atoms with Gasteiger partial charge in [-0.05, 0) is 49.3 Å². The van der Waals surface area contributed by atoms with E-state index in [2.05, 4.69) is 9.89 Å². The van der Waals surface area contributed by atoms with Crippen LogP contribution in [0.25, 0.3) is 0 Å². The van der Waals surface area contributed by atoms with Crippen molar-refractivity contribution in [3.63, 3.8) is 0 Å².